The van der Waals surface area contributed by atoms with Gasteiger partial charge in [0.25, 0.3) is 0 Å². The fourth-order valence-electron chi connectivity index (χ4n) is 1.90. The van der Waals surface area contributed by atoms with Crippen LogP contribution in [0.15, 0.2) is 0 Å². The van der Waals surface area contributed by atoms with Gasteiger partial charge in [-0.15, -0.1) is 0 Å². The van der Waals surface area contributed by atoms with Crippen LogP contribution >= 0.6 is 0 Å². The molecular formula is C12H22N2. The molecule has 0 aromatic heterocycles. The van der Waals surface area contributed by atoms with E-state index in [1.165, 1.54) is 25.7 Å². The molecule has 0 spiro atoms. The molecule has 0 amide bonds. The zero-order valence-electron chi connectivity index (χ0n) is 9.64. The predicted molar refractivity (Wildman–Crippen MR) is 58.8 cm³/mol. The Morgan fingerprint density at radius 1 is 1.29 bits per heavy atom. The lowest BCUT2D eigenvalue weighted by atomic mass is 9.86. The number of nitrogens with one attached hydrogen (secondary N) is 1. The van der Waals surface area contributed by atoms with Crippen LogP contribution in [0, 0.1) is 22.7 Å². The van der Waals surface area contributed by atoms with Gasteiger partial charge in [-0.05, 0) is 45.4 Å². The van der Waals surface area contributed by atoms with Crippen molar-refractivity contribution in [3.05, 3.63) is 0 Å². The highest BCUT2D eigenvalue weighted by Gasteiger charge is 2.21. The smallest absolute Gasteiger partial charge is 0.0697 e. The number of rotatable bonds is 3. The first kappa shape index (κ1) is 11.5. The molecule has 0 atom stereocenters. The molecule has 1 aliphatic carbocycles. The second-order valence-corrected chi connectivity index (χ2v) is 5.33. The summed E-state index contributed by atoms with van der Waals surface area (Å²) in [6.45, 7) is 7.13. The number of hydrogen-bond donors (Lipinski definition) is 1. The van der Waals surface area contributed by atoms with Gasteiger partial charge >= 0.3 is 0 Å². The van der Waals surface area contributed by atoms with Crippen LogP contribution in [-0.4, -0.2) is 12.6 Å². The van der Waals surface area contributed by atoms with Crippen molar-refractivity contribution in [3.63, 3.8) is 0 Å². The van der Waals surface area contributed by atoms with Crippen LogP contribution in [0.5, 0.6) is 0 Å². The molecule has 0 aliphatic heterocycles. The Balaban J connectivity index is 2.23. The van der Waals surface area contributed by atoms with Crippen molar-refractivity contribution in [1.29, 1.82) is 5.26 Å². The average molecular weight is 194 g/mol. The third-order valence-corrected chi connectivity index (χ3v) is 3.15. The molecule has 0 unspecified atom stereocenters. The molecule has 1 aliphatic rings. The molecule has 0 aromatic rings. The molecular weight excluding hydrogens is 172 g/mol. The van der Waals surface area contributed by atoms with Gasteiger partial charge < -0.3 is 5.32 Å². The van der Waals surface area contributed by atoms with E-state index in [0.717, 1.165) is 12.5 Å². The summed E-state index contributed by atoms with van der Waals surface area (Å²) in [7, 11) is 0. The third-order valence-electron chi connectivity index (χ3n) is 3.15. The Morgan fingerprint density at radius 3 is 2.36 bits per heavy atom. The number of nitriles is 1. The Hall–Kier alpha value is -0.550. The van der Waals surface area contributed by atoms with E-state index in [1.807, 2.05) is 13.8 Å². The van der Waals surface area contributed by atoms with E-state index >= 15 is 0 Å². The SMILES string of the molecule is CC1CCC(NCC(C)(C)C#N)CC1. The van der Waals surface area contributed by atoms with Gasteiger partial charge in [-0.2, -0.15) is 5.26 Å². The van der Waals surface area contributed by atoms with Crippen LogP contribution in [0.3, 0.4) is 0 Å². The zero-order chi connectivity index (χ0) is 10.6. The lowest BCUT2D eigenvalue weighted by molar-refractivity contribution is 0.287. The van der Waals surface area contributed by atoms with E-state index in [4.69, 9.17) is 5.26 Å². The molecule has 0 aromatic carbocycles. The van der Waals surface area contributed by atoms with Crippen molar-refractivity contribution >= 4 is 0 Å². The third kappa shape index (κ3) is 3.67. The van der Waals surface area contributed by atoms with E-state index in [2.05, 4.69) is 18.3 Å². The summed E-state index contributed by atoms with van der Waals surface area (Å²) in [6, 6.07) is 2.98. The summed E-state index contributed by atoms with van der Waals surface area (Å²) < 4.78 is 0. The fourth-order valence-corrected chi connectivity index (χ4v) is 1.90. The molecule has 14 heavy (non-hydrogen) atoms. The van der Waals surface area contributed by atoms with Crippen LogP contribution in [-0.2, 0) is 0 Å². The second kappa shape index (κ2) is 4.79. The predicted octanol–water partition coefficient (Wildman–Crippen LogP) is 2.70. The molecule has 2 nitrogen and oxygen atoms in total. The summed E-state index contributed by atoms with van der Waals surface area (Å²) in [6.07, 6.45) is 5.24. The van der Waals surface area contributed by atoms with Crippen molar-refractivity contribution in [3.8, 4) is 6.07 Å². The van der Waals surface area contributed by atoms with Gasteiger partial charge in [0, 0.05) is 12.6 Å². The van der Waals surface area contributed by atoms with Crippen LogP contribution < -0.4 is 5.32 Å². The van der Waals surface area contributed by atoms with E-state index in [-0.39, 0.29) is 5.41 Å². The van der Waals surface area contributed by atoms with Gasteiger partial charge in [0.15, 0.2) is 0 Å². The monoisotopic (exact) mass is 194 g/mol. The molecule has 80 valence electrons. The maximum Gasteiger partial charge on any atom is 0.0697 e. The van der Waals surface area contributed by atoms with Gasteiger partial charge in [-0.1, -0.05) is 6.92 Å². The van der Waals surface area contributed by atoms with Gasteiger partial charge in [0.1, 0.15) is 0 Å². The average Bonchev–Trinajstić information content (AvgIpc) is 2.17. The first-order chi connectivity index (χ1) is 6.53. The van der Waals surface area contributed by atoms with Crippen molar-refractivity contribution in [1.82, 2.24) is 5.32 Å². The molecule has 0 bridgehead atoms. The zero-order valence-corrected chi connectivity index (χ0v) is 9.64. The van der Waals surface area contributed by atoms with Crippen LogP contribution in [0.2, 0.25) is 0 Å². The molecule has 0 saturated heterocycles. The van der Waals surface area contributed by atoms with Gasteiger partial charge in [0.05, 0.1) is 11.5 Å². The van der Waals surface area contributed by atoms with E-state index in [1.54, 1.807) is 0 Å². The number of hydrogen-bond acceptors (Lipinski definition) is 2. The lowest BCUT2D eigenvalue weighted by Crippen LogP contribution is -2.38. The molecule has 2 heteroatoms. The van der Waals surface area contributed by atoms with E-state index in [9.17, 15) is 0 Å². The molecule has 1 fully saturated rings. The fraction of sp³-hybridized carbons (Fsp3) is 0.917. The van der Waals surface area contributed by atoms with Gasteiger partial charge in [-0.25, -0.2) is 0 Å². The van der Waals surface area contributed by atoms with Crippen LogP contribution in [0.25, 0.3) is 0 Å². The Kier molecular flexibility index (Phi) is 3.95. The summed E-state index contributed by atoms with van der Waals surface area (Å²) in [5.41, 5.74) is -0.219. The van der Waals surface area contributed by atoms with Crippen molar-refractivity contribution in [2.24, 2.45) is 11.3 Å². The maximum absolute atomic E-state index is 8.88. The summed E-state index contributed by atoms with van der Waals surface area (Å²) in [4.78, 5) is 0. The normalized spacial score (nSPS) is 28.4. The Labute approximate surface area is 87.7 Å². The van der Waals surface area contributed by atoms with Crippen molar-refractivity contribution in [2.75, 3.05) is 6.54 Å². The quantitative estimate of drug-likeness (QED) is 0.750. The highest BCUT2D eigenvalue weighted by molar-refractivity contribution is 4.94. The Morgan fingerprint density at radius 2 is 1.86 bits per heavy atom. The highest BCUT2D eigenvalue weighted by Crippen LogP contribution is 2.24. The largest absolute Gasteiger partial charge is 0.312 e. The first-order valence-corrected chi connectivity index (χ1v) is 5.68. The second-order valence-electron chi connectivity index (χ2n) is 5.33. The minimum Gasteiger partial charge on any atom is -0.312 e. The minimum absolute atomic E-state index is 0.219. The summed E-state index contributed by atoms with van der Waals surface area (Å²) in [5.74, 6) is 0.900. The van der Waals surface area contributed by atoms with Gasteiger partial charge in [-0.3, -0.25) is 0 Å². The molecule has 1 N–H and O–H groups in total. The van der Waals surface area contributed by atoms with Crippen molar-refractivity contribution in [2.45, 2.75) is 52.5 Å². The van der Waals surface area contributed by atoms with E-state index in [0.29, 0.717) is 6.04 Å². The molecule has 1 rings (SSSR count). The topological polar surface area (TPSA) is 35.8 Å². The maximum atomic E-state index is 8.88. The van der Waals surface area contributed by atoms with Crippen LogP contribution in [0.1, 0.15) is 46.5 Å². The first-order valence-electron chi connectivity index (χ1n) is 5.68. The van der Waals surface area contributed by atoms with E-state index < -0.39 is 0 Å². The molecule has 1 saturated carbocycles. The summed E-state index contributed by atoms with van der Waals surface area (Å²) in [5, 5.41) is 12.4. The molecule has 0 radical (unpaired) electrons. The number of nitrogens with zero attached hydrogens (tertiary/aromatic N) is 1. The van der Waals surface area contributed by atoms with Crippen molar-refractivity contribution < 1.29 is 0 Å². The van der Waals surface area contributed by atoms with Crippen LogP contribution in [0.4, 0.5) is 0 Å². The minimum atomic E-state index is -0.219. The highest BCUT2D eigenvalue weighted by atomic mass is 14.9. The Bertz CT molecular complexity index is 207. The van der Waals surface area contributed by atoms with Gasteiger partial charge in [0.2, 0.25) is 0 Å². The lowest BCUT2D eigenvalue weighted by Gasteiger charge is -2.29. The summed E-state index contributed by atoms with van der Waals surface area (Å²) >= 11 is 0. The molecule has 0 heterocycles. The standard InChI is InChI=1S/C12H22N2/c1-10-4-6-11(7-5-10)14-9-12(2,3)8-13/h10-11,14H,4-7,9H2,1-3H3.